The number of nitrogens with zero attached hydrogens (tertiary/aromatic N) is 2. The van der Waals surface area contributed by atoms with E-state index in [-0.39, 0.29) is 30.4 Å². The average Bonchev–Trinajstić information content (AvgIpc) is 3.54. The van der Waals surface area contributed by atoms with Gasteiger partial charge in [-0.05, 0) is 64.7 Å². The van der Waals surface area contributed by atoms with Gasteiger partial charge in [0.05, 0.1) is 35.2 Å². The van der Waals surface area contributed by atoms with Gasteiger partial charge < -0.3 is 28.8 Å². The largest absolute Gasteiger partial charge is 0.464 e. The second-order valence-corrected chi connectivity index (χ2v) is 17.9. The summed E-state index contributed by atoms with van der Waals surface area (Å²) in [6.45, 7) is 9.37. The Hall–Kier alpha value is -2.47. The maximum atomic E-state index is 14.8. The first-order chi connectivity index (χ1) is 23.9. The van der Waals surface area contributed by atoms with E-state index in [0.717, 1.165) is 69.2 Å². The highest BCUT2D eigenvalue weighted by Crippen LogP contribution is 2.80. The Labute approximate surface area is 294 Å². The third kappa shape index (κ3) is 3.98. The molecule has 11 atom stereocenters. The summed E-state index contributed by atoms with van der Waals surface area (Å²) >= 11 is 0. The number of carbonyl (C=O) groups is 3. The van der Waals surface area contributed by atoms with Crippen LogP contribution in [0.25, 0.3) is 0 Å². The molecule has 6 aliphatic heterocycles. The number of hydrogen-bond donors (Lipinski definition) is 1. The standard InChI is InChI=1S/C39H52N2O9/c1-34(2)27-26(42)28(43)36(4)25(38(27)20-47-33(45)37(32(38)50-34)15-9-10-16-37)13-17-35(3)29(48-31(44)30-39(35,36)49-30)23-14-18-46-24(23)12-8-6-5-7-11-22-19-40-21-41-22/h14,21,24-25,27-30,32,43H,5-13,15-20H2,1-4H3/p+1/t24?,25-,27+,28+,29-,30+,32-,35-,36-,38+,39+/m0/s1. The molecule has 3 aliphatic carbocycles. The van der Waals surface area contributed by atoms with E-state index in [1.165, 1.54) is 0 Å². The summed E-state index contributed by atoms with van der Waals surface area (Å²) in [4.78, 5) is 50.9. The quantitative estimate of drug-likeness (QED) is 0.132. The minimum atomic E-state index is -1.38. The molecule has 0 bridgehead atoms. The number of epoxide rings is 1. The van der Waals surface area contributed by atoms with Gasteiger partial charge in [0, 0.05) is 34.5 Å². The van der Waals surface area contributed by atoms with Crippen LogP contribution in [0.1, 0.15) is 105 Å². The third-order valence-electron chi connectivity index (χ3n) is 15.4. The van der Waals surface area contributed by atoms with E-state index < -0.39 is 69.2 Å². The number of cyclic esters (lactones) is 2. The fraction of sp³-hybridized carbons (Fsp3) is 0.821. The SMILES string of the molecule is CC1(C)O[C@H]2C3(CCCC3)C(=O)OC[C@@]23[C@@H]1C(=O)[C@@H](O)[C@]1(C)[C@@H]3CC[C@@]2(C)[C@H](C3=CC[OH+]C3CCCCCCC3=NC=NC3)OC(=O)[C@H]3O[C@@]312. The topological polar surface area (TPSA) is 149 Å². The molecule has 3 saturated carbocycles. The summed E-state index contributed by atoms with van der Waals surface area (Å²) < 4.78 is 31.1. The number of rotatable bonds is 8. The van der Waals surface area contributed by atoms with E-state index in [9.17, 15) is 19.5 Å². The van der Waals surface area contributed by atoms with Crippen molar-refractivity contribution in [2.45, 2.75) is 146 Å². The van der Waals surface area contributed by atoms with Crippen molar-refractivity contribution in [2.75, 3.05) is 19.8 Å². The van der Waals surface area contributed by atoms with E-state index in [1.54, 1.807) is 6.34 Å². The van der Waals surface area contributed by atoms with Crippen LogP contribution in [-0.2, 0) is 33.3 Å². The fourth-order valence-electron chi connectivity index (χ4n) is 13.4. The molecule has 11 heteroatoms. The highest BCUT2D eigenvalue weighted by atomic mass is 16.7. The molecular weight excluding hydrogens is 640 g/mol. The first-order valence-electron chi connectivity index (χ1n) is 19.2. The number of esters is 2. The van der Waals surface area contributed by atoms with Crippen LogP contribution in [0.2, 0.25) is 0 Å². The Bertz CT molecular complexity index is 1600. The summed E-state index contributed by atoms with van der Waals surface area (Å²) in [7, 11) is 0. The first kappa shape index (κ1) is 33.4. The van der Waals surface area contributed by atoms with Crippen molar-refractivity contribution in [1.29, 1.82) is 0 Å². The Balaban J connectivity index is 1.03. The summed E-state index contributed by atoms with van der Waals surface area (Å²) in [5, 5.41) is 12.4. The van der Waals surface area contributed by atoms with Gasteiger partial charge in [0.25, 0.3) is 0 Å². The summed E-state index contributed by atoms with van der Waals surface area (Å²) in [5.74, 6) is -1.87. The van der Waals surface area contributed by atoms with Crippen molar-refractivity contribution < 1.29 is 43.2 Å². The van der Waals surface area contributed by atoms with Gasteiger partial charge in [-0.1, -0.05) is 39.5 Å². The maximum Gasteiger partial charge on any atom is 0.339 e. The molecule has 1 unspecified atom stereocenters. The van der Waals surface area contributed by atoms with Gasteiger partial charge in [-0.3, -0.25) is 14.6 Å². The van der Waals surface area contributed by atoms with E-state index in [1.807, 2.05) is 20.8 Å². The predicted molar refractivity (Wildman–Crippen MR) is 182 cm³/mol. The molecule has 0 aromatic rings. The van der Waals surface area contributed by atoms with E-state index in [0.29, 0.717) is 32.3 Å². The minimum absolute atomic E-state index is 0.0515. The van der Waals surface area contributed by atoms with E-state index in [4.69, 9.17) is 23.7 Å². The van der Waals surface area contributed by atoms with Crippen LogP contribution in [-0.4, -0.2) is 101 Å². The van der Waals surface area contributed by atoms with Gasteiger partial charge in [-0.25, -0.2) is 9.79 Å². The van der Waals surface area contributed by atoms with Gasteiger partial charge in [0.2, 0.25) is 0 Å². The lowest BCUT2D eigenvalue weighted by molar-refractivity contribution is -0.261. The molecular formula is C39H53N2O9+. The van der Waals surface area contributed by atoms with Gasteiger partial charge in [0.1, 0.15) is 30.8 Å². The lowest BCUT2D eigenvalue weighted by atomic mass is 9.35. The monoisotopic (exact) mass is 693 g/mol. The molecule has 7 fully saturated rings. The number of hydrogen-bond acceptors (Lipinski definition) is 10. The second kappa shape index (κ2) is 11.0. The second-order valence-electron chi connectivity index (χ2n) is 17.9. The van der Waals surface area contributed by atoms with Crippen LogP contribution in [0, 0.1) is 33.5 Å². The number of unbranched alkanes of at least 4 members (excludes halogenated alkanes) is 3. The van der Waals surface area contributed by atoms with Crippen LogP contribution in [0.5, 0.6) is 0 Å². The van der Waals surface area contributed by atoms with Gasteiger partial charge in [-0.2, -0.15) is 0 Å². The first-order valence-corrected chi connectivity index (χ1v) is 19.2. The summed E-state index contributed by atoms with van der Waals surface area (Å²) in [5.41, 5.74) is -3.32. The average molecular weight is 694 g/mol. The zero-order valence-electron chi connectivity index (χ0n) is 29.9. The normalized spacial score (nSPS) is 47.5. The number of ketones is 1. The van der Waals surface area contributed by atoms with E-state index >= 15 is 0 Å². The minimum Gasteiger partial charge on any atom is -0.464 e. The Kier molecular flexibility index (Phi) is 7.36. The number of carbonyl (C=O) groups excluding carboxylic acids is 3. The number of Topliss-reactive ketones (excluding diaryl/α,β-unsaturated/α-hetero) is 1. The predicted octanol–water partition coefficient (Wildman–Crippen LogP) is 3.97. The number of aliphatic hydroxyl groups is 3. The molecule has 272 valence electrons. The summed E-state index contributed by atoms with van der Waals surface area (Å²) in [6, 6.07) is 0. The number of aliphatic hydroxyl groups excluding tert-OH is 1. The molecule has 2 N–H and O–H groups in total. The van der Waals surface area contributed by atoms with Crippen molar-refractivity contribution in [3.63, 3.8) is 0 Å². The highest BCUT2D eigenvalue weighted by molar-refractivity contribution is 5.96. The number of ether oxygens (including phenoxy) is 5. The molecule has 0 amide bonds. The molecule has 0 radical (unpaired) electrons. The van der Waals surface area contributed by atoms with Crippen LogP contribution in [0.3, 0.4) is 0 Å². The molecule has 3 spiro atoms. The third-order valence-corrected chi connectivity index (χ3v) is 15.4. The van der Waals surface area contributed by atoms with Crippen molar-refractivity contribution in [1.82, 2.24) is 0 Å². The smallest absolute Gasteiger partial charge is 0.339 e. The number of aliphatic imine (C=N–C) groups is 2. The highest BCUT2D eigenvalue weighted by Gasteiger charge is 2.91. The fourth-order valence-corrected chi connectivity index (χ4v) is 13.4. The maximum absolute atomic E-state index is 14.8. The van der Waals surface area contributed by atoms with Crippen LogP contribution in [0.4, 0.5) is 0 Å². The molecule has 11 nitrogen and oxygen atoms in total. The lowest BCUT2D eigenvalue weighted by Gasteiger charge is -2.67. The molecule has 9 aliphatic rings. The zero-order valence-corrected chi connectivity index (χ0v) is 29.9. The van der Waals surface area contributed by atoms with Crippen LogP contribution < -0.4 is 0 Å². The van der Waals surface area contributed by atoms with Crippen LogP contribution >= 0.6 is 0 Å². The van der Waals surface area contributed by atoms with Gasteiger partial charge >= 0.3 is 11.9 Å². The molecule has 4 saturated heterocycles. The molecule has 6 heterocycles. The van der Waals surface area contributed by atoms with Crippen molar-refractivity contribution >= 4 is 29.8 Å². The molecule has 9 rings (SSSR count). The Morgan fingerprint density at radius 2 is 1.76 bits per heavy atom. The van der Waals surface area contributed by atoms with Crippen molar-refractivity contribution in [3.8, 4) is 0 Å². The van der Waals surface area contributed by atoms with Crippen LogP contribution in [0.15, 0.2) is 21.6 Å². The van der Waals surface area contributed by atoms with Crippen molar-refractivity contribution in [3.05, 3.63) is 11.6 Å². The molecule has 50 heavy (non-hydrogen) atoms. The number of fused-ring (bicyclic) bond motifs is 2. The Morgan fingerprint density at radius 3 is 2.52 bits per heavy atom. The molecule has 0 aromatic heterocycles. The summed E-state index contributed by atoms with van der Waals surface area (Å²) in [6.07, 6.45) is 11.1. The Morgan fingerprint density at radius 1 is 0.980 bits per heavy atom. The van der Waals surface area contributed by atoms with Crippen molar-refractivity contribution in [2.24, 2.45) is 43.5 Å². The van der Waals surface area contributed by atoms with E-state index in [2.05, 4.69) is 23.0 Å². The van der Waals surface area contributed by atoms with Gasteiger partial charge in [-0.15, -0.1) is 0 Å². The zero-order chi connectivity index (χ0) is 34.9. The van der Waals surface area contributed by atoms with Gasteiger partial charge in [0.15, 0.2) is 24.6 Å². The lowest BCUT2D eigenvalue weighted by Crippen LogP contribution is -2.78. The molecule has 0 aromatic carbocycles.